The van der Waals surface area contributed by atoms with Crippen molar-refractivity contribution >= 4 is 38.8 Å². The zero-order chi connectivity index (χ0) is 77.5. The number of carbonyl (C=O) groups is 1. The fourth-order valence-corrected chi connectivity index (χ4v) is 10.9. The zero-order valence-electron chi connectivity index (χ0n) is 67.5. The number of fused-ring (bicyclic) bond motifs is 1. The van der Waals surface area contributed by atoms with Crippen molar-refractivity contribution in [3.05, 3.63) is 324 Å². The minimum Gasteiger partial charge on any atom is -0.508 e. The van der Waals surface area contributed by atoms with Crippen LogP contribution in [0.3, 0.4) is 0 Å². The van der Waals surface area contributed by atoms with Crippen LogP contribution < -0.4 is 5.73 Å². The average Bonchev–Trinajstić information content (AvgIpc) is 1.71. The van der Waals surface area contributed by atoms with E-state index in [4.69, 9.17) is 10.8 Å². The summed E-state index contributed by atoms with van der Waals surface area (Å²) in [6.45, 7) is 54.0. The second kappa shape index (κ2) is 48.3. The van der Waals surface area contributed by atoms with Gasteiger partial charge in [0.1, 0.15) is 17.8 Å². The summed E-state index contributed by atoms with van der Waals surface area (Å²) in [7, 11) is 0. The molecule has 0 bridgehead atoms. The van der Waals surface area contributed by atoms with Gasteiger partial charge >= 0.3 is 0 Å². The number of aromatic nitrogens is 2. The number of phenolic OH excluding ortho intramolecular Hbond substituents is 2. The largest absolute Gasteiger partial charge is 0.508 e. The van der Waals surface area contributed by atoms with E-state index in [1.54, 1.807) is 18.2 Å². The number of halogens is 1. The summed E-state index contributed by atoms with van der Waals surface area (Å²) in [6.07, 6.45) is 4.93. The van der Waals surface area contributed by atoms with Gasteiger partial charge in [-0.1, -0.05) is 317 Å². The summed E-state index contributed by atoms with van der Waals surface area (Å²) in [6, 6.07) is 73.9. The van der Waals surface area contributed by atoms with Gasteiger partial charge in [0.05, 0.1) is 0 Å². The van der Waals surface area contributed by atoms with Gasteiger partial charge < -0.3 is 25.9 Å². The van der Waals surface area contributed by atoms with Gasteiger partial charge in [0, 0.05) is 44.7 Å². The first-order chi connectivity index (χ1) is 48.5. The number of hydrogen-bond acceptors (Lipinski definition) is 4. The molecule has 103 heavy (non-hydrogen) atoms. The van der Waals surface area contributed by atoms with Gasteiger partial charge in [0.25, 0.3) is 0 Å². The Morgan fingerprint density at radius 2 is 0.709 bits per heavy atom. The monoisotopic (exact) mass is 1450 g/mol. The lowest BCUT2D eigenvalue weighted by Crippen LogP contribution is -1.92. The molecular formula is C96H130BrN3O3. The lowest BCUT2D eigenvalue weighted by Gasteiger charge is -2.07. The second-order valence-corrected chi connectivity index (χ2v) is 30.8. The van der Waals surface area contributed by atoms with Crippen LogP contribution in [0.4, 0.5) is 5.69 Å². The van der Waals surface area contributed by atoms with Crippen LogP contribution in [0, 0.1) is 34.6 Å². The van der Waals surface area contributed by atoms with Crippen molar-refractivity contribution in [2.75, 3.05) is 5.73 Å². The number of anilines is 1. The standard InChI is InChI=1S/C11H13N.C10H13Br.C10H15N.C10H14O.C10H12O.2C10H14.C9H12O.C9H12.C7H11N/c1-8(2)10-7-12-11-6-4-3-5-9(10)11;3*1-7(2)9-4-8(3)5-10(11)6-9;1-8(2)10-5-3-9(7-11)4-6-10;2*1-8(2)10-6-4-9(3)5-7-10;1-7(2)8-3-5-9(10)6-4-8;1-8(2)9-6-4-3-5-7-9;1-6(2)7-4-3-5-8-7/h3-8,12H,1-2H3;4-7H,1-3H3;4-7H,11H2,1-3H3;4-7,11H,1-3H3;3-8H,1-2H3;2*4-8H,1-3H3;3-7,10H,1-2H3;3-8H,1-2H3;3-6,8H,1-2H3. The highest BCUT2D eigenvalue weighted by molar-refractivity contribution is 9.10. The van der Waals surface area contributed by atoms with Crippen LogP contribution in [0.25, 0.3) is 10.9 Å². The summed E-state index contributed by atoms with van der Waals surface area (Å²) in [5.41, 5.74) is 28.3. The van der Waals surface area contributed by atoms with Crippen molar-refractivity contribution in [1.82, 2.24) is 9.97 Å². The van der Waals surface area contributed by atoms with Gasteiger partial charge in [-0.15, -0.1) is 0 Å². The molecule has 0 aliphatic heterocycles. The Morgan fingerprint density at radius 3 is 1.07 bits per heavy atom. The number of aromatic amines is 2. The van der Waals surface area contributed by atoms with Crippen molar-refractivity contribution in [1.29, 1.82) is 0 Å². The van der Waals surface area contributed by atoms with Crippen molar-refractivity contribution in [2.45, 2.75) is 232 Å². The summed E-state index contributed by atoms with van der Waals surface area (Å²) in [5.74, 6) is 6.65. The van der Waals surface area contributed by atoms with Crippen LogP contribution in [0.1, 0.15) is 292 Å². The Hall–Kier alpha value is -8.65. The smallest absolute Gasteiger partial charge is 0.150 e. The maximum atomic E-state index is 10.3. The van der Waals surface area contributed by atoms with Gasteiger partial charge in [0.2, 0.25) is 0 Å². The van der Waals surface area contributed by atoms with Crippen molar-refractivity contribution in [3.63, 3.8) is 0 Å². The number of hydrogen-bond donors (Lipinski definition) is 5. The number of nitrogens with two attached hydrogens (primary N) is 1. The van der Waals surface area contributed by atoms with Crippen molar-refractivity contribution < 1.29 is 15.0 Å². The maximum Gasteiger partial charge on any atom is 0.150 e. The number of carbonyl (C=O) groups excluding carboxylic acids is 1. The molecule has 11 rings (SSSR count). The molecule has 0 fully saturated rings. The molecule has 6 N–H and O–H groups in total. The topological polar surface area (TPSA) is 115 Å². The predicted octanol–water partition coefficient (Wildman–Crippen LogP) is 29.0. The number of para-hydroxylation sites is 1. The Morgan fingerprint density at radius 1 is 0.330 bits per heavy atom. The van der Waals surface area contributed by atoms with Gasteiger partial charge in [-0.25, -0.2) is 0 Å². The molecule has 11 aromatic rings. The third-order valence-corrected chi connectivity index (χ3v) is 17.5. The van der Waals surface area contributed by atoms with E-state index < -0.39 is 0 Å². The number of benzene rings is 9. The molecule has 0 saturated heterocycles. The molecule has 7 heteroatoms. The van der Waals surface area contributed by atoms with Crippen molar-refractivity contribution in [2.24, 2.45) is 0 Å². The van der Waals surface area contributed by atoms with Gasteiger partial charge in [-0.05, 0) is 227 Å². The number of aromatic hydroxyl groups is 2. The van der Waals surface area contributed by atoms with E-state index in [0.717, 1.165) is 23.1 Å². The highest BCUT2D eigenvalue weighted by atomic mass is 79.9. The fourth-order valence-electron chi connectivity index (χ4n) is 10.2. The van der Waals surface area contributed by atoms with Gasteiger partial charge in [0.15, 0.2) is 0 Å². The SMILES string of the molecule is CC(C)c1c[nH]c2ccccc12.CC(C)c1ccc(C=O)cc1.CC(C)c1ccc(O)cc1.CC(C)c1ccc[nH]1.CC(C)c1ccccc1.Cc1cc(Br)cc(C(C)C)c1.Cc1cc(N)cc(C(C)C)c1.Cc1cc(O)cc(C(C)C)c1.Cc1ccc(C(C)C)cc1.Cc1ccc(C(C)C)cc1. The predicted molar refractivity (Wildman–Crippen MR) is 456 cm³/mol. The molecule has 554 valence electrons. The first kappa shape index (κ1) is 90.4. The molecular weight excluding hydrogens is 1320 g/mol. The number of H-pyrrole nitrogens is 2. The highest BCUT2D eigenvalue weighted by Gasteiger charge is 2.07. The number of nitrogen functional groups attached to an aromatic ring is 1. The van der Waals surface area contributed by atoms with Crippen LogP contribution >= 0.6 is 15.9 Å². The molecule has 2 aromatic heterocycles. The fraction of sp³-hybridized carbons (Fsp3) is 0.365. The molecule has 0 unspecified atom stereocenters. The number of rotatable bonds is 11. The summed E-state index contributed by atoms with van der Waals surface area (Å²) >= 11 is 3.48. The van der Waals surface area contributed by atoms with E-state index in [2.05, 4.69) is 332 Å². The van der Waals surface area contributed by atoms with Crippen LogP contribution in [0.2, 0.25) is 0 Å². The zero-order valence-corrected chi connectivity index (χ0v) is 69.1. The summed E-state index contributed by atoms with van der Waals surface area (Å²) in [5, 5.41) is 19.5. The molecule has 9 aromatic carbocycles. The Balaban J connectivity index is 0.000000390. The number of nitrogens with one attached hydrogen (secondary N) is 2. The van der Waals surface area contributed by atoms with Crippen LogP contribution in [0.5, 0.6) is 11.5 Å². The Labute approximate surface area is 633 Å². The molecule has 0 radical (unpaired) electrons. The van der Waals surface area contributed by atoms with E-state index in [0.29, 0.717) is 70.7 Å². The second-order valence-electron chi connectivity index (χ2n) is 29.9. The summed E-state index contributed by atoms with van der Waals surface area (Å²) < 4.78 is 1.18. The normalized spacial score (nSPS) is 10.5. The van der Waals surface area contributed by atoms with E-state index in [1.807, 2.05) is 79.9 Å². The van der Waals surface area contributed by atoms with E-state index in [-0.39, 0.29) is 0 Å². The lowest BCUT2D eigenvalue weighted by molar-refractivity contribution is 0.112. The van der Waals surface area contributed by atoms with E-state index >= 15 is 0 Å². The number of aryl methyl sites for hydroxylation is 5. The molecule has 0 aliphatic carbocycles. The third-order valence-electron chi connectivity index (χ3n) is 17.0. The minimum atomic E-state index is 0.337. The number of aldehydes is 1. The first-order valence-corrected chi connectivity index (χ1v) is 38.0. The minimum absolute atomic E-state index is 0.337. The quantitative estimate of drug-likeness (QED) is 0.0655. The molecule has 0 atom stereocenters. The first-order valence-electron chi connectivity index (χ1n) is 37.2. The average molecular weight is 1450 g/mol. The van der Waals surface area contributed by atoms with Crippen LogP contribution in [-0.4, -0.2) is 26.5 Å². The van der Waals surface area contributed by atoms with Crippen LogP contribution in [0.15, 0.2) is 235 Å². The Bertz CT molecular complexity index is 3710. The molecule has 2 heterocycles. The Kier molecular flexibility index (Phi) is 42.4. The molecule has 6 nitrogen and oxygen atoms in total. The number of phenols is 2. The van der Waals surface area contributed by atoms with Crippen LogP contribution in [-0.2, 0) is 0 Å². The molecule has 0 saturated carbocycles. The molecule has 0 amide bonds. The van der Waals surface area contributed by atoms with Gasteiger partial charge in [-0.3, -0.25) is 4.79 Å². The highest BCUT2D eigenvalue weighted by Crippen LogP contribution is 2.27. The molecule has 0 aliphatic rings. The van der Waals surface area contributed by atoms with Gasteiger partial charge in [-0.2, -0.15) is 0 Å². The lowest BCUT2D eigenvalue weighted by atomic mass is 10.0. The third kappa shape index (κ3) is 37.4. The maximum absolute atomic E-state index is 10.3. The van der Waals surface area contributed by atoms with Crippen molar-refractivity contribution in [3.8, 4) is 11.5 Å². The molecule has 0 spiro atoms. The van der Waals surface area contributed by atoms with E-state index in [1.165, 1.54) is 93.4 Å². The van der Waals surface area contributed by atoms with E-state index in [9.17, 15) is 9.90 Å². The summed E-state index contributed by atoms with van der Waals surface area (Å²) in [4.78, 5) is 16.7.